The molecule has 0 saturated heterocycles. The van der Waals surface area contributed by atoms with E-state index >= 15 is 0 Å². The molecule has 0 amide bonds. The molecule has 1 aromatic carbocycles. The largest absolute Gasteiger partial charge is 0.508 e. The highest BCUT2D eigenvalue weighted by atomic mass is 32.2. The highest BCUT2D eigenvalue weighted by Gasteiger charge is 2.06. The normalized spacial score (nSPS) is 10.8. The number of hydrogen-bond acceptors (Lipinski definition) is 4. The minimum absolute atomic E-state index is 0.156. The van der Waals surface area contributed by atoms with Crippen molar-refractivity contribution in [3.8, 4) is 5.75 Å². The van der Waals surface area contributed by atoms with E-state index in [4.69, 9.17) is 0 Å². The molecule has 2 N–H and O–H groups in total. The van der Waals surface area contributed by atoms with Crippen LogP contribution in [0.15, 0.2) is 45.0 Å². The predicted molar refractivity (Wildman–Crippen MR) is 71.2 cm³/mol. The van der Waals surface area contributed by atoms with E-state index in [0.717, 1.165) is 4.90 Å². The Balaban J connectivity index is 2.32. The maximum absolute atomic E-state index is 11.5. The molecule has 0 fully saturated rings. The van der Waals surface area contributed by atoms with Crippen molar-refractivity contribution in [3.63, 3.8) is 0 Å². The first-order valence-corrected chi connectivity index (χ1v) is 6.44. The molecule has 0 aliphatic rings. The van der Waals surface area contributed by atoms with Gasteiger partial charge in [0.15, 0.2) is 0 Å². The molecular weight excluding hydrogens is 248 g/mol. The second-order valence-electron chi connectivity index (χ2n) is 4.22. The third kappa shape index (κ3) is 3.13. The first-order chi connectivity index (χ1) is 8.54. The summed E-state index contributed by atoms with van der Waals surface area (Å²) >= 11 is 1.36. The number of aromatic amines is 1. The van der Waals surface area contributed by atoms with Gasteiger partial charge in [-0.15, -0.1) is 0 Å². The lowest BCUT2D eigenvalue weighted by atomic mass is 10.2. The average molecular weight is 262 g/mol. The van der Waals surface area contributed by atoms with E-state index in [-0.39, 0.29) is 17.2 Å². The summed E-state index contributed by atoms with van der Waals surface area (Å²) in [5, 5.41) is 10.0. The number of phenolic OH excluding ortho intramolecular Hbond substituents is 1. The summed E-state index contributed by atoms with van der Waals surface area (Å²) in [6, 6.07) is 8.33. The van der Waals surface area contributed by atoms with Gasteiger partial charge in [-0.2, -0.15) is 0 Å². The zero-order chi connectivity index (χ0) is 13.1. The Hall–Kier alpha value is -1.75. The zero-order valence-corrected chi connectivity index (χ0v) is 11.0. The molecule has 0 atom stereocenters. The van der Waals surface area contributed by atoms with Gasteiger partial charge in [0.1, 0.15) is 16.6 Å². The zero-order valence-electron chi connectivity index (χ0n) is 10.2. The van der Waals surface area contributed by atoms with Gasteiger partial charge in [-0.3, -0.25) is 4.79 Å². The molecule has 2 aromatic rings. The van der Waals surface area contributed by atoms with E-state index in [1.807, 2.05) is 19.9 Å². The van der Waals surface area contributed by atoms with Crippen LogP contribution in [0, 0.1) is 0 Å². The molecule has 4 nitrogen and oxygen atoms in total. The quantitative estimate of drug-likeness (QED) is 0.835. The number of hydrogen-bond donors (Lipinski definition) is 2. The fourth-order valence-corrected chi connectivity index (χ4v) is 2.32. The van der Waals surface area contributed by atoms with E-state index in [0.29, 0.717) is 10.9 Å². The third-order valence-electron chi connectivity index (χ3n) is 2.32. The Morgan fingerprint density at radius 1 is 1.33 bits per heavy atom. The Morgan fingerprint density at radius 2 is 2.11 bits per heavy atom. The van der Waals surface area contributed by atoms with Crippen LogP contribution < -0.4 is 5.56 Å². The van der Waals surface area contributed by atoms with Crippen molar-refractivity contribution in [2.75, 3.05) is 0 Å². The minimum Gasteiger partial charge on any atom is -0.508 e. The SMILES string of the molecule is CC(C)c1nc(Sc2cccc(O)c2)cc(=O)[nH]1. The lowest BCUT2D eigenvalue weighted by Crippen LogP contribution is -2.11. The van der Waals surface area contributed by atoms with Crippen LogP contribution in [-0.4, -0.2) is 15.1 Å². The van der Waals surface area contributed by atoms with Gasteiger partial charge in [-0.25, -0.2) is 4.98 Å². The Bertz CT molecular complexity index is 608. The number of nitrogens with zero attached hydrogens (tertiary/aromatic N) is 1. The van der Waals surface area contributed by atoms with Crippen molar-refractivity contribution in [1.82, 2.24) is 9.97 Å². The molecule has 5 heteroatoms. The average Bonchev–Trinajstić information content (AvgIpc) is 2.28. The van der Waals surface area contributed by atoms with Crippen molar-refractivity contribution >= 4 is 11.8 Å². The molecule has 0 radical (unpaired) electrons. The van der Waals surface area contributed by atoms with Crippen LogP contribution in [-0.2, 0) is 0 Å². The second-order valence-corrected chi connectivity index (χ2v) is 5.32. The molecule has 0 unspecified atom stereocenters. The Labute approximate surface area is 109 Å². The van der Waals surface area contributed by atoms with Gasteiger partial charge < -0.3 is 10.1 Å². The van der Waals surface area contributed by atoms with Crippen LogP contribution in [0.5, 0.6) is 5.75 Å². The molecule has 0 spiro atoms. The standard InChI is InChI=1S/C13H14N2O2S/c1-8(2)13-14-11(17)7-12(15-13)18-10-5-3-4-9(16)6-10/h3-8,16H,1-2H3,(H,14,15,17). The van der Waals surface area contributed by atoms with Gasteiger partial charge in [-0.1, -0.05) is 31.7 Å². The van der Waals surface area contributed by atoms with Gasteiger partial charge in [0, 0.05) is 16.9 Å². The van der Waals surface area contributed by atoms with Gasteiger partial charge in [0.2, 0.25) is 0 Å². The van der Waals surface area contributed by atoms with E-state index in [1.165, 1.54) is 17.8 Å². The van der Waals surface area contributed by atoms with Crippen LogP contribution in [0.2, 0.25) is 0 Å². The first-order valence-electron chi connectivity index (χ1n) is 5.63. The maximum atomic E-state index is 11.5. The van der Waals surface area contributed by atoms with Gasteiger partial charge in [0.25, 0.3) is 5.56 Å². The van der Waals surface area contributed by atoms with Crippen LogP contribution in [0.1, 0.15) is 25.6 Å². The van der Waals surface area contributed by atoms with Crippen LogP contribution >= 0.6 is 11.8 Å². The summed E-state index contributed by atoms with van der Waals surface area (Å²) < 4.78 is 0. The number of benzene rings is 1. The number of rotatable bonds is 3. The molecule has 0 aliphatic carbocycles. The highest BCUT2D eigenvalue weighted by molar-refractivity contribution is 7.99. The molecule has 94 valence electrons. The molecule has 1 heterocycles. The summed E-state index contributed by atoms with van der Waals surface area (Å²) in [7, 11) is 0. The minimum atomic E-state index is -0.156. The van der Waals surface area contributed by atoms with Gasteiger partial charge in [0.05, 0.1) is 0 Å². The number of aromatic hydroxyl groups is 1. The maximum Gasteiger partial charge on any atom is 0.252 e. The van der Waals surface area contributed by atoms with Crippen molar-refractivity contribution in [2.45, 2.75) is 29.7 Å². The van der Waals surface area contributed by atoms with E-state index in [2.05, 4.69) is 9.97 Å². The fraction of sp³-hybridized carbons (Fsp3) is 0.231. The Kier molecular flexibility index (Phi) is 3.72. The summed E-state index contributed by atoms with van der Waals surface area (Å²) in [5.41, 5.74) is -0.156. The summed E-state index contributed by atoms with van der Waals surface area (Å²) in [6.07, 6.45) is 0. The second kappa shape index (κ2) is 5.27. The molecular formula is C13H14N2O2S. The van der Waals surface area contributed by atoms with Crippen molar-refractivity contribution in [1.29, 1.82) is 0 Å². The molecule has 0 aliphatic heterocycles. The van der Waals surface area contributed by atoms with Crippen molar-refractivity contribution in [2.24, 2.45) is 0 Å². The van der Waals surface area contributed by atoms with Crippen molar-refractivity contribution in [3.05, 3.63) is 46.5 Å². The lowest BCUT2D eigenvalue weighted by Gasteiger charge is -2.06. The highest BCUT2D eigenvalue weighted by Crippen LogP contribution is 2.28. The summed E-state index contributed by atoms with van der Waals surface area (Å²) in [4.78, 5) is 19.5. The van der Waals surface area contributed by atoms with Crippen LogP contribution in [0.3, 0.4) is 0 Å². The number of aromatic nitrogens is 2. The summed E-state index contributed by atoms with van der Waals surface area (Å²) in [5.74, 6) is 1.04. The number of phenols is 1. The predicted octanol–water partition coefficient (Wildman–Crippen LogP) is 2.75. The van der Waals surface area contributed by atoms with Crippen LogP contribution in [0.25, 0.3) is 0 Å². The number of nitrogens with one attached hydrogen (secondary N) is 1. The molecule has 0 bridgehead atoms. The monoisotopic (exact) mass is 262 g/mol. The lowest BCUT2D eigenvalue weighted by molar-refractivity contribution is 0.474. The van der Waals surface area contributed by atoms with Gasteiger partial charge >= 0.3 is 0 Å². The van der Waals surface area contributed by atoms with E-state index in [9.17, 15) is 9.90 Å². The summed E-state index contributed by atoms with van der Waals surface area (Å²) in [6.45, 7) is 3.95. The fourth-order valence-electron chi connectivity index (χ4n) is 1.45. The molecule has 18 heavy (non-hydrogen) atoms. The van der Waals surface area contributed by atoms with Crippen molar-refractivity contribution < 1.29 is 5.11 Å². The number of H-pyrrole nitrogens is 1. The van der Waals surface area contributed by atoms with E-state index < -0.39 is 0 Å². The van der Waals surface area contributed by atoms with Crippen LogP contribution in [0.4, 0.5) is 0 Å². The third-order valence-corrected chi connectivity index (χ3v) is 3.23. The Morgan fingerprint density at radius 3 is 2.78 bits per heavy atom. The smallest absolute Gasteiger partial charge is 0.252 e. The first kappa shape index (κ1) is 12.7. The topological polar surface area (TPSA) is 66.0 Å². The van der Waals surface area contributed by atoms with Gasteiger partial charge in [-0.05, 0) is 18.2 Å². The molecule has 1 aromatic heterocycles. The van der Waals surface area contributed by atoms with E-state index in [1.54, 1.807) is 18.2 Å². The molecule has 2 rings (SSSR count). The molecule has 0 saturated carbocycles.